The van der Waals surface area contributed by atoms with Crippen molar-refractivity contribution in [3.05, 3.63) is 35.6 Å². The Labute approximate surface area is 217 Å². The van der Waals surface area contributed by atoms with E-state index in [1.807, 2.05) is 19.1 Å². The Morgan fingerprint density at radius 3 is 2.50 bits per heavy atom. The molecule has 4 fully saturated rings. The third-order valence-corrected chi connectivity index (χ3v) is 11.3. The summed E-state index contributed by atoms with van der Waals surface area (Å²) in [6, 6.07) is 6.77. The van der Waals surface area contributed by atoms with Gasteiger partial charge < -0.3 is 9.84 Å². The van der Waals surface area contributed by atoms with E-state index in [9.17, 15) is 14.3 Å². The van der Waals surface area contributed by atoms with Crippen molar-refractivity contribution in [2.24, 2.45) is 40.9 Å². The molecule has 1 aromatic rings. The molecule has 0 radical (unpaired) electrons. The first-order valence-corrected chi connectivity index (χ1v) is 14.9. The zero-order valence-electron chi connectivity index (χ0n) is 22.7. The Morgan fingerprint density at radius 2 is 1.78 bits per heavy atom. The molecule has 1 aromatic carbocycles. The zero-order chi connectivity index (χ0) is 25.5. The van der Waals surface area contributed by atoms with Gasteiger partial charge in [0.2, 0.25) is 0 Å². The van der Waals surface area contributed by atoms with Crippen LogP contribution in [0.2, 0.25) is 0 Å². The number of rotatable bonds is 8. The normalized spacial score (nSPS) is 40.7. The molecule has 0 unspecified atom stereocenters. The minimum atomic E-state index is -0.627. The number of carbonyl (C=O) groups is 1. The van der Waals surface area contributed by atoms with Crippen molar-refractivity contribution in [2.45, 2.75) is 103 Å². The largest absolute Gasteiger partial charge is 0.387 e. The lowest BCUT2D eigenvalue weighted by Gasteiger charge is -2.57. The van der Waals surface area contributed by atoms with Crippen molar-refractivity contribution < 1.29 is 19.0 Å². The third kappa shape index (κ3) is 4.82. The van der Waals surface area contributed by atoms with Crippen molar-refractivity contribution in [3.8, 4) is 0 Å². The summed E-state index contributed by atoms with van der Waals surface area (Å²) >= 11 is 0. The Hall–Kier alpha value is -1.26. The van der Waals surface area contributed by atoms with E-state index in [1.165, 1.54) is 44.2 Å². The second kappa shape index (κ2) is 10.5. The van der Waals surface area contributed by atoms with E-state index in [1.54, 1.807) is 0 Å². The maximum atomic E-state index is 13.7. The molecule has 0 bridgehead atoms. The van der Waals surface area contributed by atoms with E-state index in [0.717, 1.165) is 55.4 Å². The Balaban J connectivity index is 1.25. The summed E-state index contributed by atoms with van der Waals surface area (Å²) in [5, 5.41) is 11.1. The molecule has 4 aliphatic carbocycles. The van der Waals surface area contributed by atoms with Gasteiger partial charge >= 0.3 is 0 Å². The molecule has 0 amide bonds. The summed E-state index contributed by atoms with van der Waals surface area (Å²) in [6.45, 7) is 7.75. The SMILES string of the molecule is CCOC[C@@]1(O)CC[C@H]2[C@H](CC[C@@H]3[C@@H]2CC[C@]2(C)[C@@H](C(=O)C[C@H](CC)c4ccc(F)cc4)CC[C@@H]32)C1. The van der Waals surface area contributed by atoms with Crippen LogP contribution in [-0.2, 0) is 9.53 Å². The minimum Gasteiger partial charge on any atom is -0.387 e. The first kappa shape index (κ1) is 26.4. The van der Waals surface area contributed by atoms with Gasteiger partial charge in [-0.1, -0.05) is 26.0 Å². The van der Waals surface area contributed by atoms with E-state index in [2.05, 4.69) is 13.8 Å². The number of hydrogen-bond donors (Lipinski definition) is 1. The first-order chi connectivity index (χ1) is 17.3. The van der Waals surface area contributed by atoms with Crippen LogP contribution in [0.5, 0.6) is 0 Å². The molecule has 0 spiro atoms. The first-order valence-electron chi connectivity index (χ1n) is 14.9. The Bertz CT molecular complexity index is 914. The average Bonchev–Trinajstić information content (AvgIpc) is 3.23. The number of aliphatic hydroxyl groups is 1. The van der Waals surface area contributed by atoms with Gasteiger partial charge in [-0.15, -0.1) is 0 Å². The summed E-state index contributed by atoms with van der Waals surface area (Å²) in [5.74, 6) is 4.17. The molecule has 4 aliphatic rings. The van der Waals surface area contributed by atoms with Crippen LogP contribution in [0, 0.1) is 46.7 Å². The molecule has 5 rings (SSSR count). The molecule has 36 heavy (non-hydrogen) atoms. The van der Waals surface area contributed by atoms with E-state index in [4.69, 9.17) is 4.74 Å². The topological polar surface area (TPSA) is 46.5 Å². The maximum absolute atomic E-state index is 13.7. The molecule has 200 valence electrons. The van der Waals surface area contributed by atoms with Crippen LogP contribution >= 0.6 is 0 Å². The van der Waals surface area contributed by atoms with E-state index < -0.39 is 5.60 Å². The number of halogens is 1. The summed E-state index contributed by atoms with van der Waals surface area (Å²) in [7, 11) is 0. The Morgan fingerprint density at radius 1 is 1.03 bits per heavy atom. The maximum Gasteiger partial charge on any atom is 0.137 e. The Kier molecular flexibility index (Phi) is 7.67. The fourth-order valence-electron chi connectivity index (χ4n) is 9.53. The number of benzene rings is 1. The molecular weight excluding hydrogens is 451 g/mol. The zero-order valence-corrected chi connectivity index (χ0v) is 22.7. The van der Waals surface area contributed by atoms with Crippen molar-refractivity contribution in [1.29, 1.82) is 0 Å². The van der Waals surface area contributed by atoms with Crippen LogP contribution in [0.1, 0.15) is 103 Å². The van der Waals surface area contributed by atoms with Gasteiger partial charge in [0.25, 0.3) is 0 Å². The predicted octanol–water partition coefficient (Wildman–Crippen LogP) is 7.31. The molecule has 4 heteroatoms. The van der Waals surface area contributed by atoms with Gasteiger partial charge in [0, 0.05) is 18.9 Å². The molecule has 0 aromatic heterocycles. The predicted molar refractivity (Wildman–Crippen MR) is 141 cm³/mol. The number of ketones is 1. The van der Waals surface area contributed by atoms with Crippen LogP contribution in [0.4, 0.5) is 4.39 Å². The van der Waals surface area contributed by atoms with Crippen LogP contribution < -0.4 is 0 Å². The third-order valence-electron chi connectivity index (χ3n) is 11.3. The highest BCUT2D eigenvalue weighted by molar-refractivity contribution is 5.83. The lowest BCUT2D eigenvalue weighted by Crippen LogP contribution is -2.52. The summed E-state index contributed by atoms with van der Waals surface area (Å²) in [4.78, 5) is 13.7. The van der Waals surface area contributed by atoms with Crippen LogP contribution in [-0.4, -0.2) is 29.7 Å². The highest BCUT2D eigenvalue weighted by atomic mass is 19.1. The number of carbonyl (C=O) groups excluding carboxylic acids is 1. The van der Waals surface area contributed by atoms with Crippen LogP contribution in [0.15, 0.2) is 24.3 Å². The fraction of sp³-hybridized carbons (Fsp3) is 0.781. The standard InChI is InChI=1S/C32H47FO3/c1-4-21(22-6-9-24(33)10-7-22)18-30(34)29-13-12-28-27-11-8-23-19-32(35,20-36-5-2)17-15-25(23)26(27)14-16-31(28,29)3/h6-7,9-10,21,23,25-29,35H,4-5,8,11-20H2,1-3H3/t21-,23+,25-,26+,27+,28-,29+,31-,32+/m0/s1. The van der Waals surface area contributed by atoms with Gasteiger partial charge in [0.15, 0.2) is 0 Å². The van der Waals surface area contributed by atoms with Crippen molar-refractivity contribution >= 4 is 5.78 Å². The van der Waals surface area contributed by atoms with Gasteiger partial charge in [0.05, 0.1) is 12.2 Å². The molecule has 9 atom stereocenters. The number of fused-ring (bicyclic) bond motifs is 5. The average molecular weight is 499 g/mol. The van der Waals surface area contributed by atoms with Crippen LogP contribution in [0.25, 0.3) is 0 Å². The molecule has 0 saturated heterocycles. The lowest BCUT2D eigenvalue weighted by atomic mass is 9.48. The second-order valence-electron chi connectivity index (χ2n) is 13.0. The van der Waals surface area contributed by atoms with Crippen LogP contribution in [0.3, 0.4) is 0 Å². The summed E-state index contributed by atoms with van der Waals surface area (Å²) in [5.41, 5.74) is 0.602. The number of ether oxygens (including phenoxy) is 1. The quantitative estimate of drug-likeness (QED) is 0.409. The van der Waals surface area contributed by atoms with Gasteiger partial charge in [-0.2, -0.15) is 0 Å². The number of Topliss-reactive ketones (excluding diaryl/α,β-unsaturated/α-hetero) is 1. The van der Waals surface area contributed by atoms with Crippen molar-refractivity contribution in [3.63, 3.8) is 0 Å². The van der Waals surface area contributed by atoms with E-state index >= 15 is 0 Å². The van der Waals surface area contributed by atoms with Gasteiger partial charge in [-0.05, 0) is 130 Å². The second-order valence-corrected chi connectivity index (χ2v) is 13.0. The molecule has 4 saturated carbocycles. The molecule has 3 nitrogen and oxygen atoms in total. The fourth-order valence-corrected chi connectivity index (χ4v) is 9.53. The molecule has 1 N–H and O–H groups in total. The molecule has 0 heterocycles. The molecule has 0 aliphatic heterocycles. The smallest absolute Gasteiger partial charge is 0.137 e. The van der Waals surface area contributed by atoms with Crippen molar-refractivity contribution in [1.82, 2.24) is 0 Å². The van der Waals surface area contributed by atoms with E-state index in [0.29, 0.717) is 37.3 Å². The highest BCUT2D eigenvalue weighted by Crippen LogP contribution is 2.65. The van der Waals surface area contributed by atoms with Crippen molar-refractivity contribution in [2.75, 3.05) is 13.2 Å². The highest BCUT2D eigenvalue weighted by Gasteiger charge is 2.59. The van der Waals surface area contributed by atoms with Gasteiger partial charge in [-0.25, -0.2) is 4.39 Å². The summed E-state index contributed by atoms with van der Waals surface area (Å²) in [6.07, 6.45) is 11.6. The van der Waals surface area contributed by atoms with Gasteiger partial charge in [0.1, 0.15) is 11.6 Å². The minimum absolute atomic E-state index is 0.135. The molecular formula is C32H47FO3. The van der Waals surface area contributed by atoms with E-state index in [-0.39, 0.29) is 23.1 Å². The number of hydrogen-bond acceptors (Lipinski definition) is 3. The lowest BCUT2D eigenvalue weighted by molar-refractivity contribution is -0.137. The monoisotopic (exact) mass is 498 g/mol. The summed E-state index contributed by atoms with van der Waals surface area (Å²) < 4.78 is 19.1. The van der Waals surface area contributed by atoms with Gasteiger partial charge in [-0.3, -0.25) is 4.79 Å².